The predicted octanol–water partition coefficient (Wildman–Crippen LogP) is 3.91. The maximum Gasteiger partial charge on any atom is 0.304 e. The first-order chi connectivity index (χ1) is 8.97. The number of carbonyl (C=O) groups excluding carboxylic acids is 1. The number of carbonyl (C=O) groups is 1. The van der Waals surface area contributed by atoms with Crippen LogP contribution in [0, 0.1) is 17.0 Å². The lowest BCUT2D eigenvalue weighted by atomic mass is 10.2. The van der Waals surface area contributed by atoms with Crippen molar-refractivity contribution in [3.8, 4) is 0 Å². The zero-order chi connectivity index (χ0) is 14.0. The SMILES string of the molecule is CC(=O)c1cc([N+](=O)[O-])c(Nc2ccc(C)cc2)s1. The number of hydrogen-bond acceptors (Lipinski definition) is 5. The molecular weight excluding hydrogens is 264 g/mol. The van der Waals surface area contributed by atoms with Crippen molar-refractivity contribution in [3.05, 3.63) is 50.9 Å². The molecule has 0 aliphatic heterocycles. The Kier molecular flexibility index (Phi) is 3.62. The molecule has 0 saturated carbocycles. The molecule has 0 atom stereocenters. The first-order valence-electron chi connectivity index (χ1n) is 5.60. The number of ketones is 1. The van der Waals surface area contributed by atoms with Gasteiger partial charge in [-0.25, -0.2) is 0 Å². The quantitative estimate of drug-likeness (QED) is 0.522. The van der Waals surface area contributed by atoms with Crippen LogP contribution in [-0.4, -0.2) is 10.7 Å². The van der Waals surface area contributed by atoms with Gasteiger partial charge in [-0.15, -0.1) is 11.3 Å². The first-order valence-corrected chi connectivity index (χ1v) is 6.42. The summed E-state index contributed by atoms with van der Waals surface area (Å²) in [5, 5.41) is 14.3. The summed E-state index contributed by atoms with van der Waals surface area (Å²) in [7, 11) is 0. The molecule has 2 aromatic rings. The van der Waals surface area contributed by atoms with Crippen LogP contribution in [0.3, 0.4) is 0 Å². The molecule has 98 valence electrons. The molecule has 0 bridgehead atoms. The smallest absolute Gasteiger partial charge is 0.304 e. The summed E-state index contributed by atoms with van der Waals surface area (Å²) in [4.78, 5) is 22.1. The molecule has 1 aromatic carbocycles. The number of nitro groups is 1. The monoisotopic (exact) mass is 276 g/mol. The largest absolute Gasteiger partial charge is 0.342 e. The fraction of sp³-hybridized carbons (Fsp3) is 0.154. The zero-order valence-electron chi connectivity index (χ0n) is 10.5. The molecule has 0 aliphatic carbocycles. The lowest BCUT2D eigenvalue weighted by Crippen LogP contribution is -1.92. The van der Waals surface area contributed by atoms with Crippen molar-refractivity contribution in [2.45, 2.75) is 13.8 Å². The van der Waals surface area contributed by atoms with E-state index in [-0.39, 0.29) is 11.5 Å². The van der Waals surface area contributed by atoms with Crippen LogP contribution in [0.5, 0.6) is 0 Å². The molecule has 1 aromatic heterocycles. The molecule has 0 amide bonds. The summed E-state index contributed by atoms with van der Waals surface area (Å²) in [6.45, 7) is 3.36. The normalized spacial score (nSPS) is 10.2. The number of aryl methyl sites for hydroxylation is 1. The minimum atomic E-state index is -0.487. The van der Waals surface area contributed by atoms with Crippen molar-refractivity contribution in [1.82, 2.24) is 0 Å². The van der Waals surface area contributed by atoms with Gasteiger partial charge in [0.25, 0.3) is 0 Å². The van der Waals surface area contributed by atoms with Crippen molar-refractivity contribution in [2.75, 3.05) is 5.32 Å². The maximum atomic E-state index is 11.3. The molecule has 1 N–H and O–H groups in total. The lowest BCUT2D eigenvalue weighted by Gasteiger charge is -2.03. The van der Waals surface area contributed by atoms with E-state index < -0.39 is 4.92 Å². The Morgan fingerprint density at radius 2 is 1.95 bits per heavy atom. The number of nitrogens with one attached hydrogen (secondary N) is 1. The van der Waals surface area contributed by atoms with E-state index in [2.05, 4.69) is 5.32 Å². The van der Waals surface area contributed by atoms with Crippen LogP contribution in [-0.2, 0) is 0 Å². The average Bonchev–Trinajstić information content (AvgIpc) is 2.76. The van der Waals surface area contributed by atoms with Crippen LogP contribution in [0.1, 0.15) is 22.2 Å². The van der Waals surface area contributed by atoms with Gasteiger partial charge in [0.05, 0.1) is 9.80 Å². The number of Topliss-reactive ketones (excluding diaryl/α,β-unsaturated/α-hetero) is 1. The summed E-state index contributed by atoms with van der Waals surface area (Å²) < 4.78 is 0. The Labute approximate surface area is 114 Å². The predicted molar refractivity (Wildman–Crippen MR) is 75.4 cm³/mol. The molecule has 0 unspecified atom stereocenters. The van der Waals surface area contributed by atoms with E-state index >= 15 is 0 Å². The number of benzene rings is 1. The van der Waals surface area contributed by atoms with Crippen molar-refractivity contribution < 1.29 is 9.72 Å². The molecule has 6 heteroatoms. The van der Waals surface area contributed by atoms with E-state index in [0.717, 1.165) is 22.6 Å². The van der Waals surface area contributed by atoms with Gasteiger partial charge in [-0.3, -0.25) is 14.9 Å². The zero-order valence-corrected chi connectivity index (χ0v) is 11.3. The summed E-state index contributed by atoms with van der Waals surface area (Å²) >= 11 is 1.09. The molecule has 1 heterocycles. The molecule has 5 nitrogen and oxygen atoms in total. The number of thiophene rings is 1. The second-order valence-corrected chi connectivity index (χ2v) is 5.18. The van der Waals surface area contributed by atoms with Crippen LogP contribution in [0.4, 0.5) is 16.4 Å². The van der Waals surface area contributed by atoms with Crippen LogP contribution >= 0.6 is 11.3 Å². The van der Waals surface area contributed by atoms with E-state index in [9.17, 15) is 14.9 Å². The molecule has 0 radical (unpaired) electrons. The van der Waals surface area contributed by atoms with Gasteiger partial charge in [-0.2, -0.15) is 0 Å². The highest BCUT2D eigenvalue weighted by molar-refractivity contribution is 7.18. The Balaban J connectivity index is 2.35. The van der Waals surface area contributed by atoms with E-state index in [4.69, 9.17) is 0 Å². The van der Waals surface area contributed by atoms with Crippen molar-refractivity contribution >= 4 is 33.5 Å². The molecule has 0 aliphatic rings. The van der Waals surface area contributed by atoms with Gasteiger partial charge >= 0.3 is 5.69 Å². The molecule has 19 heavy (non-hydrogen) atoms. The third kappa shape index (κ3) is 2.97. The molecule has 0 saturated heterocycles. The van der Waals surface area contributed by atoms with Gasteiger partial charge in [-0.1, -0.05) is 17.7 Å². The van der Waals surface area contributed by atoms with E-state index in [1.165, 1.54) is 13.0 Å². The topological polar surface area (TPSA) is 72.2 Å². The minimum Gasteiger partial charge on any atom is -0.342 e. The summed E-state index contributed by atoms with van der Waals surface area (Å²) in [6.07, 6.45) is 0. The number of hydrogen-bond donors (Lipinski definition) is 1. The Bertz CT molecular complexity index is 632. The third-order valence-electron chi connectivity index (χ3n) is 2.57. The highest BCUT2D eigenvalue weighted by Crippen LogP contribution is 2.36. The van der Waals surface area contributed by atoms with Gasteiger partial charge in [-0.05, 0) is 26.0 Å². The van der Waals surface area contributed by atoms with Crippen LogP contribution in [0.15, 0.2) is 30.3 Å². The van der Waals surface area contributed by atoms with E-state index in [0.29, 0.717) is 9.88 Å². The third-order valence-corrected chi connectivity index (χ3v) is 3.71. The van der Waals surface area contributed by atoms with E-state index in [1.54, 1.807) is 0 Å². The molecular formula is C13H12N2O3S. The Morgan fingerprint density at radius 3 is 2.47 bits per heavy atom. The van der Waals surface area contributed by atoms with Gasteiger partial charge in [0.1, 0.15) is 0 Å². The molecule has 2 rings (SSSR count). The fourth-order valence-corrected chi connectivity index (χ4v) is 2.49. The summed E-state index contributed by atoms with van der Waals surface area (Å²) in [5.74, 6) is -0.176. The Hall–Kier alpha value is -2.21. The number of nitrogens with zero attached hydrogens (tertiary/aromatic N) is 1. The van der Waals surface area contributed by atoms with Crippen LogP contribution in [0.2, 0.25) is 0 Å². The number of rotatable bonds is 4. The van der Waals surface area contributed by atoms with Gasteiger partial charge < -0.3 is 5.32 Å². The van der Waals surface area contributed by atoms with Crippen molar-refractivity contribution in [2.24, 2.45) is 0 Å². The van der Waals surface area contributed by atoms with Crippen molar-refractivity contribution in [3.63, 3.8) is 0 Å². The minimum absolute atomic E-state index is 0.0734. The molecule has 0 spiro atoms. The average molecular weight is 276 g/mol. The fourth-order valence-electron chi connectivity index (χ4n) is 1.55. The first kappa shape index (κ1) is 13.2. The van der Waals surface area contributed by atoms with Gasteiger partial charge in [0, 0.05) is 11.8 Å². The standard InChI is InChI=1S/C13H12N2O3S/c1-8-3-5-10(6-4-8)14-13-11(15(17)18)7-12(19-13)9(2)16/h3-7,14H,1-2H3. The second kappa shape index (κ2) is 5.19. The highest BCUT2D eigenvalue weighted by atomic mass is 32.1. The van der Waals surface area contributed by atoms with Crippen LogP contribution < -0.4 is 5.32 Å². The maximum absolute atomic E-state index is 11.3. The second-order valence-electron chi connectivity index (χ2n) is 4.13. The summed E-state index contributed by atoms with van der Waals surface area (Å²) in [6, 6.07) is 8.81. The van der Waals surface area contributed by atoms with E-state index in [1.807, 2.05) is 31.2 Å². The van der Waals surface area contributed by atoms with Gasteiger partial charge in [0.15, 0.2) is 10.8 Å². The molecule has 0 fully saturated rings. The van der Waals surface area contributed by atoms with Crippen molar-refractivity contribution in [1.29, 1.82) is 0 Å². The highest BCUT2D eigenvalue weighted by Gasteiger charge is 2.20. The van der Waals surface area contributed by atoms with Crippen LogP contribution in [0.25, 0.3) is 0 Å². The number of anilines is 2. The van der Waals surface area contributed by atoms with Gasteiger partial charge in [0.2, 0.25) is 0 Å². The summed E-state index contributed by atoms with van der Waals surface area (Å²) in [5.41, 5.74) is 1.79. The lowest BCUT2D eigenvalue weighted by molar-refractivity contribution is -0.383. The Morgan fingerprint density at radius 1 is 1.32 bits per heavy atom.